The third kappa shape index (κ3) is 3.10. The van der Waals surface area contributed by atoms with Crippen LogP contribution in [0.25, 0.3) is 11.3 Å². The first kappa shape index (κ1) is 15.1. The van der Waals surface area contributed by atoms with E-state index in [2.05, 4.69) is 11.1 Å². The lowest BCUT2D eigenvalue weighted by atomic mass is 10.2. The molecule has 1 aliphatic rings. The zero-order chi connectivity index (χ0) is 16.4. The zero-order valence-electron chi connectivity index (χ0n) is 13.3. The van der Waals surface area contributed by atoms with Crippen molar-refractivity contribution in [2.75, 3.05) is 6.54 Å². The van der Waals surface area contributed by atoms with Gasteiger partial charge in [-0.2, -0.15) is 16.4 Å². The molecular weight excluding hydrogens is 320 g/mol. The zero-order valence-corrected chi connectivity index (χ0v) is 14.1. The smallest absolute Gasteiger partial charge is 0.227 e. The molecule has 4 heterocycles. The normalized spacial score (nSPS) is 14.2. The molecule has 4 rings (SSSR count). The summed E-state index contributed by atoms with van der Waals surface area (Å²) in [4.78, 5) is 18.6. The molecule has 0 aromatic carbocycles. The fourth-order valence-electron chi connectivity index (χ4n) is 3.02. The number of hydrogen-bond acceptors (Lipinski definition) is 4. The molecule has 122 valence electrons. The minimum absolute atomic E-state index is 0.188. The predicted octanol–water partition coefficient (Wildman–Crippen LogP) is 2.98. The van der Waals surface area contributed by atoms with Gasteiger partial charge < -0.3 is 4.90 Å². The molecule has 6 heteroatoms. The van der Waals surface area contributed by atoms with Crippen LogP contribution in [0.3, 0.4) is 0 Å². The van der Waals surface area contributed by atoms with E-state index in [1.54, 1.807) is 23.7 Å². The molecule has 0 atom stereocenters. The largest absolute Gasteiger partial charge is 0.336 e. The third-order valence-electron chi connectivity index (χ3n) is 4.28. The van der Waals surface area contributed by atoms with E-state index in [4.69, 9.17) is 5.10 Å². The van der Waals surface area contributed by atoms with Gasteiger partial charge in [0.1, 0.15) is 0 Å². The summed E-state index contributed by atoms with van der Waals surface area (Å²) in [5.41, 5.74) is 4.19. The third-order valence-corrected chi connectivity index (χ3v) is 5.01. The highest BCUT2D eigenvalue weighted by molar-refractivity contribution is 7.08. The molecule has 0 aliphatic carbocycles. The molecule has 0 fully saturated rings. The van der Waals surface area contributed by atoms with Gasteiger partial charge in [-0.15, -0.1) is 0 Å². The van der Waals surface area contributed by atoms with Crippen LogP contribution < -0.4 is 0 Å². The average molecular weight is 338 g/mol. The second-order valence-corrected chi connectivity index (χ2v) is 6.74. The van der Waals surface area contributed by atoms with Crippen LogP contribution in [0.4, 0.5) is 0 Å². The SMILES string of the molecule is O=C(Cc1ccsc1)N1CCCn2nc(-c3ccncc3)cc2C1. The van der Waals surface area contributed by atoms with Crippen molar-refractivity contribution in [1.29, 1.82) is 0 Å². The monoisotopic (exact) mass is 338 g/mol. The summed E-state index contributed by atoms with van der Waals surface area (Å²) in [6.07, 6.45) is 4.96. The Balaban J connectivity index is 1.54. The molecule has 5 nitrogen and oxygen atoms in total. The number of amides is 1. The van der Waals surface area contributed by atoms with Crippen LogP contribution in [0.5, 0.6) is 0 Å². The summed E-state index contributed by atoms with van der Waals surface area (Å²) < 4.78 is 2.04. The van der Waals surface area contributed by atoms with Crippen LogP contribution in [0.1, 0.15) is 17.7 Å². The second-order valence-electron chi connectivity index (χ2n) is 5.96. The summed E-state index contributed by atoms with van der Waals surface area (Å²) in [6.45, 7) is 2.26. The topological polar surface area (TPSA) is 51.0 Å². The van der Waals surface area contributed by atoms with Crippen molar-refractivity contribution in [1.82, 2.24) is 19.7 Å². The van der Waals surface area contributed by atoms with Gasteiger partial charge in [0.05, 0.1) is 24.4 Å². The lowest BCUT2D eigenvalue weighted by molar-refractivity contribution is -0.131. The van der Waals surface area contributed by atoms with Crippen LogP contribution in [-0.4, -0.2) is 32.1 Å². The number of aromatic nitrogens is 3. The summed E-state index contributed by atoms with van der Waals surface area (Å²) in [5.74, 6) is 0.188. The molecular formula is C18H18N4OS. The highest BCUT2D eigenvalue weighted by Crippen LogP contribution is 2.22. The van der Waals surface area contributed by atoms with Crippen LogP contribution in [0.2, 0.25) is 0 Å². The maximum absolute atomic E-state index is 12.6. The number of carbonyl (C=O) groups is 1. The Bertz CT molecular complexity index is 826. The van der Waals surface area contributed by atoms with E-state index in [1.165, 1.54) is 0 Å². The minimum Gasteiger partial charge on any atom is -0.336 e. The maximum Gasteiger partial charge on any atom is 0.227 e. The van der Waals surface area contributed by atoms with E-state index >= 15 is 0 Å². The number of aryl methyl sites for hydroxylation is 1. The molecule has 3 aromatic rings. The van der Waals surface area contributed by atoms with E-state index in [1.807, 2.05) is 38.5 Å². The number of hydrogen-bond donors (Lipinski definition) is 0. The predicted molar refractivity (Wildman–Crippen MR) is 93.5 cm³/mol. The van der Waals surface area contributed by atoms with Crippen LogP contribution in [0, 0.1) is 0 Å². The van der Waals surface area contributed by atoms with Crippen molar-refractivity contribution >= 4 is 17.2 Å². The van der Waals surface area contributed by atoms with Gasteiger partial charge in [-0.05, 0) is 47.0 Å². The molecule has 3 aromatic heterocycles. The fraction of sp³-hybridized carbons (Fsp3) is 0.278. The van der Waals surface area contributed by atoms with E-state index in [9.17, 15) is 4.79 Å². The number of rotatable bonds is 3. The number of carbonyl (C=O) groups excluding carboxylic acids is 1. The number of nitrogens with zero attached hydrogens (tertiary/aromatic N) is 4. The van der Waals surface area contributed by atoms with Crippen molar-refractivity contribution < 1.29 is 4.79 Å². The van der Waals surface area contributed by atoms with Gasteiger partial charge in [-0.25, -0.2) is 0 Å². The summed E-state index contributed by atoms with van der Waals surface area (Å²) in [6, 6.07) is 8.03. The van der Waals surface area contributed by atoms with Gasteiger partial charge in [-0.1, -0.05) is 0 Å². The number of thiophene rings is 1. The minimum atomic E-state index is 0.188. The molecule has 0 radical (unpaired) electrons. The molecule has 0 N–H and O–H groups in total. The average Bonchev–Trinajstić information content (AvgIpc) is 3.21. The van der Waals surface area contributed by atoms with Crippen molar-refractivity contribution in [2.45, 2.75) is 25.9 Å². The highest BCUT2D eigenvalue weighted by Gasteiger charge is 2.21. The van der Waals surface area contributed by atoms with Gasteiger partial charge in [0.2, 0.25) is 5.91 Å². The molecule has 0 saturated carbocycles. The second kappa shape index (κ2) is 6.57. The molecule has 0 saturated heterocycles. The first-order valence-corrected chi connectivity index (χ1v) is 9.00. The van der Waals surface area contributed by atoms with Crippen LogP contribution in [0.15, 0.2) is 47.4 Å². The lowest BCUT2D eigenvalue weighted by Gasteiger charge is -2.19. The fourth-order valence-corrected chi connectivity index (χ4v) is 3.69. The molecule has 0 spiro atoms. The van der Waals surface area contributed by atoms with Crippen molar-refractivity contribution in [3.05, 3.63) is 58.7 Å². The Hall–Kier alpha value is -2.47. The lowest BCUT2D eigenvalue weighted by Crippen LogP contribution is -2.31. The molecule has 24 heavy (non-hydrogen) atoms. The van der Waals surface area contributed by atoms with Gasteiger partial charge in [-0.3, -0.25) is 14.5 Å². The van der Waals surface area contributed by atoms with Gasteiger partial charge in [0, 0.05) is 31.0 Å². The Labute approximate surface area is 144 Å². The number of pyridine rings is 1. The summed E-state index contributed by atoms with van der Waals surface area (Å²) in [5, 5.41) is 8.76. The van der Waals surface area contributed by atoms with E-state index in [-0.39, 0.29) is 5.91 Å². The Morgan fingerprint density at radius 1 is 1.21 bits per heavy atom. The van der Waals surface area contributed by atoms with Crippen molar-refractivity contribution in [3.63, 3.8) is 0 Å². The van der Waals surface area contributed by atoms with Crippen LogP contribution >= 0.6 is 11.3 Å². The van der Waals surface area contributed by atoms with Gasteiger partial charge in [0.15, 0.2) is 0 Å². The van der Waals surface area contributed by atoms with Crippen molar-refractivity contribution in [2.24, 2.45) is 0 Å². The molecule has 1 amide bonds. The van der Waals surface area contributed by atoms with E-state index in [0.717, 1.165) is 42.0 Å². The van der Waals surface area contributed by atoms with E-state index in [0.29, 0.717) is 13.0 Å². The van der Waals surface area contributed by atoms with Crippen LogP contribution in [-0.2, 0) is 24.3 Å². The highest BCUT2D eigenvalue weighted by atomic mass is 32.1. The quantitative estimate of drug-likeness (QED) is 0.738. The molecule has 1 aliphatic heterocycles. The maximum atomic E-state index is 12.6. The van der Waals surface area contributed by atoms with E-state index < -0.39 is 0 Å². The Morgan fingerprint density at radius 2 is 2.08 bits per heavy atom. The Kier molecular flexibility index (Phi) is 4.13. The first-order valence-electron chi connectivity index (χ1n) is 8.05. The molecule has 0 unspecified atom stereocenters. The molecule has 0 bridgehead atoms. The first-order chi connectivity index (χ1) is 11.8. The number of fused-ring (bicyclic) bond motifs is 1. The summed E-state index contributed by atoms with van der Waals surface area (Å²) in [7, 11) is 0. The summed E-state index contributed by atoms with van der Waals surface area (Å²) >= 11 is 1.63. The standard InChI is InChI=1S/C18H18N4OS/c23-18(10-14-4-9-24-13-14)21-7-1-8-22-16(12-21)11-17(20-22)15-2-5-19-6-3-15/h2-6,9,11,13H,1,7-8,10,12H2. The van der Waals surface area contributed by atoms with Gasteiger partial charge in [0.25, 0.3) is 0 Å². The van der Waals surface area contributed by atoms with Crippen molar-refractivity contribution in [3.8, 4) is 11.3 Å². The van der Waals surface area contributed by atoms with Gasteiger partial charge >= 0.3 is 0 Å². The Morgan fingerprint density at radius 3 is 2.88 bits per heavy atom.